The standard InChI is InChI=1S/C17H24N4O2/c1-10-5-11(10)13-7-21(4)15-14(20-13)12(6-18-15)16(23)19-8-17(2,3)9-22/h6-7,10-11,22H,5,8-9H2,1-4H3,(H,19,23)/p+1. The molecule has 23 heavy (non-hydrogen) atoms. The van der Waals surface area contributed by atoms with Gasteiger partial charge in [0.1, 0.15) is 18.0 Å². The highest BCUT2D eigenvalue weighted by Crippen LogP contribution is 2.45. The number of carbonyl (C=O) groups excluding carboxylic acids is 1. The van der Waals surface area contributed by atoms with Gasteiger partial charge in [-0.15, -0.1) is 0 Å². The van der Waals surface area contributed by atoms with Crippen LogP contribution in [0.3, 0.4) is 0 Å². The lowest BCUT2D eigenvalue weighted by Gasteiger charge is -2.21. The molecular weight excluding hydrogens is 292 g/mol. The molecule has 2 heterocycles. The molecule has 2 aromatic heterocycles. The molecule has 1 aliphatic carbocycles. The Balaban J connectivity index is 1.89. The summed E-state index contributed by atoms with van der Waals surface area (Å²) in [6, 6.07) is 0. The summed E-state index contributed by atoms with van der Waals surface area (Å²) >= 11 is 0. The Bertz CT molecular complexity index is 750. The molecule has 0 aliphatic heterocycles. The Morgan fingerprint density at radius 1 is 1.57 bits per heavy atom. The van der Waals surface area contributed by atoms with Crippen LogP contribution in [-0.2, 0) is 7.05 Å². The third kappa shape index (κ3) is 3.08. The summed E-state index contributed by atoms with van der Waals surface area (Å²) in [5, 5.41) is 12.2. The first-order valence-electron chi connectivity index (χ1n) is 8.09. The predicted molar refractivity (Wildman–Crippen MR) is 87.0 cm³/mol. The molecule has 0 spiro atoms. The predicted octanol–water partition coefficient (Wildman–Crippen LogP) is 1.26. The smallest absolute Gasteiger partial charge is 0.306 e. The highest BCUT2D eigenvalue weighted by Gasteiger charge is 2.37. The molecule has 3 N–H and O–H groups in total. The lowest BCUT2D eigenvalue weighted by Crippen LogP contribution is -2.36. The molecule has 2 unspecified atom stereocenters. The minimum absolute atomic E-state index is 0.0259. The summed E-state index contributed by atoms with van der Waals surface area (Å²) in [5.74, 6) is 1.01. The van der Waals surface area contributed by atoms with Crippen molar-refractivity contribution in [3.8, 4) is 0 Å². The number of rotatable bonds is 5. The molecule has 1 amide bonds. The summed E-state index contributed by atoms with van der Waals surface area (Å²) in [6.07, 6.45) is 4.91. The van der Waals surface area contributed by atoms with Gasteiger partial charge in [0.2, 0.25) is 0 Å². The molecule has 0 radical (unpaired) electrons. The summed E-state index contributed by atoms with van der Waals surface area (Å²) in [5.41, 5.74) is 2.82. The number of nitrogens with one attached hydrogen (secondary N) is 2. The van der Waals surface area contributed by atoms with Gasteiger partial charge < -0.3 is 10.4 Å². The van der Waals surface area contributed by atoms with Gasteiger partial charge in [-0.1, -0.05) is 20.8 Å². The van der Waals surface area contributed by atoms with Crippen molar-refractivity contribution in [3.63, 3.8) is 0 Å². The molecule has 3 rings (SSSR count). The lowest BCUT2D eigenvalue weighted by atomic mass is 9.95. The van der Waals surface area contributed by atoms with E-state index in [1.54, 1.807) is 6.20 Å². The van der Waals surface area contributed by atoms with Crippen LogP contribution >= 0.6 is 0 Å². The average molecular weight is 317 g/mol. The third-order valence-electron chi connectivity index (χ3n) is 4.64. The van der Waals surface area contributed by atoms with Gasteiger partial charge in [0.15, 0.2) is 5.52 Å². The van der Waals surface area contributed by atoms with E-state index in [1.807, 2.05) is 31.7 Å². The molecule has 1 fully saturated rings. The first kappa shape index (κ1) is 15.9. The third-order valence-corrected chi connectivity index (χ3v) is 4.64. The van der Waals surface area contributed by atoms with Crippen molar-refractivity contribution in [1.82, 2.24) is 15.3 Å². The summed E-state index contributed by atoms with van der Waals surface area (Å²) in [6.45, 7) is 6.48. The fraction of sp³-hybridized carbons (Fsp3) is 0.588. The van der Waals surface area contributed by atoms with E-state index < -0.39 is 0 Å². The van der Waals surface area contributed by atoms with Gasteiger partial charge in [0, 0.05) is 24.5 Å². The number of aromatic amines is 1. The van der Waals surface area contributed by atoms with Crippen LogP contribution in [0.15, 0.2) is 12.4 Å². The Kier molecular flexibility index (Phi) is 3.88. The van der Waals surface area contributed by atoms with Crippen molar-refractivity contribution in [2.24, 2.45) is 18.4 Å². The van der Waals surface area contributed by atoms with Crippen molar-refractivity contribution < 1.29 is 14.5 Å². The van der Waals surface area contributed by atoms with E-state index in [2.05, 4.69) is 17.2 Å². The highest BCUT2D eigenvalue weighted by atomic mass is 16.3. The molecule has 6 nitrogen and oxygen atoms in total. The molecule has 0 bridgehead atoms. The first-order chi connectivity index (χ1) is 10.8. The van der Waals surface area contributed by atoms with E-state index in [0.717, 1.165) is 17.8 Å². The molecule has 0 saturated heterocycles. The SMILES string of the molecule is CC1CC1c1c[n+](C)c2[nH]cc(C(=O)NCC(C)(C)CO)c2n1. The second kappa shape index (κ2) is 5.60. The number of H-pyrrole nitrogens is 1. The Morgan fingerprint density at radius 2 is 2.26 bits per heavy atom. The van der Waals surface area contributed by atoms with E-state index in [4.69, 9.17) is 4.98 Å². The molecule has 0 aromatic carbocycles. The fourth-order valence-corrected chi connectivity index (χ4v) is 2.76. The van der Waals surface area contributed by atoms with Crippen molar-refractivity contribution in [1.29, 1.82) is 0 Å². The van der Waals surface area contributed by atoms with Crippen LogP contribution in [0, 0.1) is 11.3 Å². The van der Waals surface area contributed by atoms with Crippen LogP contribution in [0.2, 0.25) is 0 Å². The van der Waals surface area contributed by atoms with Gasteiger partial charge in [-0.3, -0.25) is 4.79 Å². The Morgan fingerprint density at radius 3 is 2.87 bits per heavy atom. The summed E-state index contributed by atoms with van der Waals surface area (Å²) < 4.78 is 2.00. The van der Waals surface area contributed by atoms with Crippen LogP contribution in [0.1, 0.15) is 49.2 Å². The van der Waals surface area contributed by atoms with E-state index in [9.17, 15) is 9.90 Å². The number of hydrogen-bond donors (Lipinski definition) is 3. The number of hydrogen-bond acceptors (Lipinski definition) is 3. The lowest BCUT2D eigenvalue weighted by molar-refractivity contribution is -0.647. The van der Waals surface area contributed by atoms with E-state index >= 15 is 0 Å². The zero-order chi connectivity index (χ0) is 16.8. The molecule has 2 atom stereocenters. The Labute approximate surface area is 135 Å². The number of amides is 1. The molecule has 2 aromatic rings. The van der Waals surface area contributed by atoms with Crippen LogP contribution in [0.25, 0.3) is 11.2 Å². The van der Waals surface area contributed by atoms with Gasteiger partial charge in [-0.25, -0.2) is 14.5 Å². The number of aryl methyl sites for hydroxylation is 1. The Hall–Kier alpha value is -1.95. The van der Waals surface area contributed by atoms with Gasteiger partial charge in [0.25, 0.3) is 5.91 Å². The number of carbonyl (C=O) groups is 1. The molecule has 6 heteroatoms. The van der Waals surface area contributed by atoms with Crippen LogP contribution in [0.4, 0.5) is 0 Å². The number of aliphatic hydroxyl groups is 1. The second-order valence-corrected chi connectivity index (χ2v) is 7.50. The maximum absolute atomic E-state index is 12.5. The van der Waals surface area contributed by atoms with E-state index in [0.29, 0.717) is 29.5 Å². The molecule has 1 saturated carbocycles. The maximum atomic E-state index is 12.5. The van der Waals surface area contributed by atoms with Gasteiger partial charge in [-0.05, 0) is 12.3 Å². The summed E-state index contributed by atoms with van der Waals surface area (Å²) in [7, 11) is 1.97. The minimum Gasteiger partial charge on any atom is -0.396 e. The quantitative estimate of drug-likeness (QED) is 0.726. The number of fused-ring (bicyclic) bond motifs is 1. The molecular formula is C17H25N4O2+. The van der Waals surface area contributed by atoms with Gasteiger partial charge in [-0.2, -0.15) is 0 Å². The van der Waals surface area contributed by atoms with Crippen LogP contribution < -0.4 is 9.88 Å². The maximum Gasteiger partial charge on any atom is 0.306 e. The van der Waals surface area contributed by atoms with Crippen LogP contribution in [-0.4, -0.2) is 34.1 Å². The topological polar surface area (TPSA) is 81.9 Å². The number of aromatic nitrogens is 3. The second-order valence-electron chi connectivity index (χ2n) is 7.50. The largest absolute Gasteiger partial charge is 0.396 e. The monoisotopic (exact) mass is 317 g/mol. The van der Waals surface area contributed by atoms with Crippen molar-refractivity contribution in [3.05, 3.63) is 23.7 Å². The van der Waals surface area contributed by atoms with Crippen molar-refractivity contribution in [2.75, 3.05) is 13.2 Å². The van der Waals surface area contributed by atoms with Gasteiger partial charge in [0.05, 0.1) is 12.7 Å². The van der Waals surface area contributed by atoms with Crippen LogP contribution in [0.5, 0.6) is 0 Å². The van der Waals surface area contributed by atoms with Crippen molar-refractivity contribution in [2.45, 2.75) is 33.1 Å². The first-order valence-corrected chi connectivity index (χ1v) is 8.09. The van der Waals surface area contributed by atoms with Crippen molar-refractivity contribution >= 4 is 17.1 Å². The van der Waals surface area contributed by atoms with Gasteiger partial charge >= 0.3 is 5.65 Å². The number of aliphatic hydroxyl groups excluding tert-OH is 1. The normalized spacial score (nSPS) is 20.7. The minimum atomic E-state index is -0.339. The zero-order valence-electron chi connectivity index (χ0n) is 14.2. The average Bonchev–Trinajstić information content (AvgIpc) is 3.08. The highest BCUT2D eigenvalue weighted by molar-refractivity contribution is 6.03. The molecule has 124 valence electrons. The number of nitrogens with zero attached hydrogens (tertiary/aromatic N) is 2. The van der Waals surface area contributed by atoms with E-state index in [-0.39, 0.29) is 17.9 Å². The molecule has 1 aliphatic rings. The zero-order valence-corrected chi connectivity index (χ0v) is 14.2. The fourth-order valence-electron chi connectivity index (χ4n) is 2.76. The van der Waals surface area contributed by atoms with E-state index in [1.165, 1.54) is 0 Å². The summed E-state index contributed by atoms with van der Waals surface area (Å²) in [4.78, 5) is 20.4.